The fourth-order valence-corrected chi connectivity index (χ4v) is 1.36. The predicted octanol–water partition coefficient (Wildman–Crippen LogP) is -0.113. The number of benzene rings is 1. The van der Waals surface area contributed by atoms with Gasteiger partial charge in [0, 0.05) is 6.42 Å². The van der Waals surface area contributed by atoms with Gasteiger partial charge in [-0.2, -0.15) is 0 Å². The molecule has 0 fully saturated rings. The van der Waals surface area contributed by atoms with Crippen molar-refractivity contribution in [3.05, 3.63) is 29.8 Å². The van der Waals surface area contributed by atoms with E-state index in [1.54, 1.807) is 18.2 Å². The average Bonchev–Trinajstić information content (AvgIpc) is 2.34. The molecule has 0 spiro atoms. The monoisotopic (exact) mass is 253 g/mol. The van der Waals surface area contributed by atoms with Gasteiger partial charge in [-0.25, -0.2) is 4.79 Å². The van der Waals surface area contributed by atoms with Crippen molar-refractivity contribution in [1.82, 2.24) is 5.32 Å². The highest BCUT2D eigenvalue weighted by Gasteiger charge is 2.14. The summed E-state index contributed by atoms with van der Waals surface area (Å²) in [6, 6.07) is 6.67. The molecule has 1 aromatic rings. The lowest BCUT2D eigenvalue weighted by molar-refractivity contribution is -0.146. The van der Waals surface area contributed by atoms with Crippen LogP contribution in [0.15, 0.2) is 24.3 Å². The fourth-order valence-electron chi connectivity index (χ4n) is 1.36. The Hall–Kier alpha value is -2.08. The minimum atomic E-state index is -1.60. The lowest BCUT2D eigenvalue weighted by Gasteiger charge is -2.08. The number of aliphatic hydroxyl groups is 1. The van der Waals surface area contributed by atoms with E-state index in [9.17, 15) is 14.7 Å². The summed E-state index contributed by atoms with van der Waals surface area (Å²) in [6.45, 7) is -0.324. The number of amides is 1. The minimum Gasteiger partial charge on any atom is -0.508 e. The van der Waals surface area contributed by atoms with Crippen LogP contribution in [-0.2, 0) is 16.0 Å². The van der Waals surface area contributed by atoms with E-state index in [-0.39, 0.29) is 24.6 Å². The molecule has 1 amide bonds. The third-order valence-electron chi connectivity index (χ3n) is 2.39. The molecule has 0 aliphatic heterocycles. The zero-order chi connectivity index (χ0) is 13.5. The van der Waals surface area contributed by atoms with Crippen molar-refractivity contribution in [3.8, 4) is 5.75 Å². The molecule has 1 aromatic carbocycles. The van der Waals surface area contributed by atoms with Crippen LogP contribution in [-0.4, -0.2) is 39.8 Å². The number of aliphatic carboxylic acids is 1. The highest BCUT2D eigenvalue weighted by molar-refractivity contribution is 5.78. The number of aromatic hydroxyl groups is 1. The van der Waals surface area contributed by atoms with Crippen LogP contribution < -0.4 is 5.32 Å². The summed E-state index contributed by atoms with van der Waals surface area (Å²) in [7, 11) is 0. The van der Waals surface area contributed by atoms with Crippen LogP contribution >= 0.6 is 0 Å². The summed E-state index contributed by atoms with van der Waals surface area (Å²) in [5.74, 6) is -1.63. The Kier molecular flexibility index (Phi) is 5.13. The normalized spacial score (nSPS) is 11.8. The molecule has 18 heavy (non-hydrogen) atoms. The number of aliphatic hydroxyl groups excluding tert-OH is 1. The van der Waals surface area contributed by atoms with Gasteiger partial charge in [0.05, 0.1) is 6.54 Å². The van der Waals surface area contributed by atoms with Gasteiger partial charge < -0.3 is 20.6 Å². The van der Waals surface area contributed by atoms with Gasteiger partial charge in [0.25, 0.3) is 0 Å². The van der Waals surface area contributed by atoms with Gasteiger partial charge in [-0.15, -0.1) is 0 Å². The molecular formula is C12H15NO5. The Morgan fingerprint density at radius 1 is 1.28 bits per heavy atom. The van der Waals surface area contributed by atoms with E-state index in [0.717, 1.165) is 0 Å². The zero-order valence-corrected chi connectivity index (χ0v) is 9.67. The number of carboxylic acid groups (broad SMARTS) is 1. The molecule has 0 saturated carbocycles. The number of carbonyl (C=O) groups is 2. The first-order chi connectivity index (χ1) is 8.50. The van der Waals surface area contributed by atoms with Gasteiger partial charge in [0.15, 0.2) is 6.10 Å². The van der Waals surface area contributed by atoms with Crippen molar-refractivity contribution in [3.63, 3.8) is 0 Å². The predicted molar refractivity (Wildman–Crippen MR) is 63.1 cm³/mol. The maximum atomic E-state index is 11.4. The van der Waals surface area contributed by atoms with Crippen LogP contribution in [0.3, 0.4) is 0 Å². The van der Waals surface area contributed by atoms with Crippen molar-refractivity contribution in [2.75, 3.05) is 6.54 Å². The van der Waals surface area contributed by atoms with Gasteiger partial charge in [0.2, 0.25) is 5.91 Å². The molecule has 0 aliphatic carbocycles. The first-order valence-corrected chi connectivity index (χ1v) is 5.45. The number of nitrogens with one attached hydrogen (secondary N) is 1. The van der Waals surface area contributed by atoms with Crippen LogP contribution in [0.4, 0.5) is 0 Å². The molecule has 1 atom stereocenters. The standard InChI is InChI=1S/C12H15NO5/c14-9-4-2-1-3-8(9)5-6-11(16)13-7-10(15)12(17)18/h1-4,10,14-15H,5-7H2,(H,13,16)(H,17,18). The summed E-state index contributed by atoms with van der Waals surface area (Å²) >= 11 is 0. The summed E-state index contributed by atoms with van der Waals surface area (Å²) in [4.78, 5) is 21.7. The first-order valence-electron chi connectivity index (χ1n) is 5.45. The molecular weight excluding hydrogens is 238 g/mol. The molecule has 6 heteroatoms. The highest BCUT2D eigenvalue weighted by Crippen LogP contribution is 2.16. The molecule has 0 bridgehead atoms. The number of carbonyl (C=O) groups excluding carboxylic acids is 1. The lowest BCUT2D eigenvalue weighted by Crippen LogP contribution is -2.36. The van der Waals surface area contributed by atoms with E-state index in [4.69, 9.17) is 10.2 Å². The van der Waals surface area contributed by atoms with Gasteiger partial charge in [0.1, 0.15) is 5.75 Å². The van der Waals surface area contributed by atoms with E-state index in [1.807, 2.05) is 0 Å². The van der Waals surface area contributed by atoms with Crippen LogP contribution in [0.1, 0.15) is 12.0 Å². The summed E-state index contributed by atoms with van der Waals surface area (Å²) in [5, 5.41) is 29.1. The Balaban J connectivity index is 2.34. The van der Waals surface area contributed by atoms with Crippen LogP contribution in [0, 0.1) is 0 Å². The molecule has 1 rings (SSSR count). The quantitative estimate of drug-likeness (QED) is 0.565. The number of hydrogen-bond donors (Lipinski definition) is 4. The van der Waals surface area contributed by atoms with Crippen molar-refractivity contribution in [2.45, 2.75) is 18.9 Å². The van der Waals surface area contributed by atoms with Crippen molar-refractivity contribution in [1.29, 1.82) is 0 Å². The molecule has 0 saturated heterocycles. The van der Waals surface area contributed by atoms with E-state index < -0.39 is 12.1 Å². The third kappa shape index (κ3) is 4.42. The van der Waals surface area contributed by atoms with E-state index in [1.165, 1.54) is 6.07 Å². The second-order valence-electron chi connectivity index (χ2n) is 3.79. The average molecular weight is 253 g/mol. The Morgan fingerprint density at radius 2 is 1.94 bits per heavy atom. The highest BCUT2D eigenvalue weighted by atomic mass is 16.4. The second kappa shape index (κ2) is 6.61. The third-order valence-corrected chi connectivity index (χ3v) is 2.39. The fraction of sp³-hybridized carbons (Fsp3) is 0.333. The maximum Gasteiger partial charge on any atom is 0.334 e. The number of carboxylic acids is 1. The van der Waals surface area contributed by atoms with Crippen LogP contribution in [0.2, 0.25) is 0 Å². The maximum absolute atomic E-state index is 11.4. The van der Waals surface area contributed by atoms with Gasteiger partial charge in [-0.3, -0.25) is 4.79 Å². The Bertz CT molecular complexity index is 432. The van der Waals surface area contributed by atoms with Crippen LogP contribution in [0.5, 0.6) is 5.75 Å². The smallest absolute Gasteiger partial charge is 0.334 e. The van der Waals surface area contributed by atoms with Gasteiger partial charge in [-0.05, 0) is 18.1 Å². The Morgan fingerprint density at radius 3 is 2.56 bits per heavy atom. The second-order valence-corrected chi connectivity index (χ2v) is 3.79. The molecule has 0 heterocycles. The number of hydrogen-bond acceptors (Lipinski definition) is 4. The number of rotatable bonds is 6. The zero-order valence-electron chi connectivity index (χ0n) is 9.67. The molecule has 98 valence electrons. The van der Waals surface area contributed by atoms with Crippen molar-refractivity contribution < 1.29 is 24.9 Å². The molecule has 0 aliphatic rings. The minimum absolute atomic E-state index is 0.115. The lowest BCUT2D eigenvalue weighted by atomic mass is 10.1. The topological polar surface area (TPSA) is 107 Å². The summed E-state index contributed by atoms with van der Waals surface area (Å²) < 4.78 is 0. The summed E-state index contributed by atoms with van der Waals surface area (Å²) in [5.41, 5.74) is 0.645. The summed E-state index contributed by atoms with van der Waals surface area (Å²) in [6.07, 6.45) is -1.13. The van der Waals surface area contributed by atoms with Crippen molar-refractivity contribution >= 4 is 11.9 Å². The van der Waals surface area contributed by atoms with E-state index in [2.05, 4.69) is 5.32 Å². The molecule has 0 aromatic heterocycles. The number of aryl methyl sites for hydroxylation is 1. The van der Waals surface area contributed by atoms with E-state index in [0.29, 0.717) is 12.0 Å². The van der Waals surface area contributed by atoms with E-state index >= 15 is 0 Å². The largest absolute Gasteiger partial charge is 0.508 e. The number of para-hydroxylation sites is 1. The SMILES string of the molecule is O=C(CCc1ccccc1O)NCC(O)C(=O)O. The molecule has 1 unspecified atom stereocenters. The molecule has 6 nitrogen and oxygen atoms in total. The Labute approximate surface area is 104 Å². The van der Waals surface area contributed by atoms with Crippen LogP contribution in [0.25, 0.3) is 0 Å². The first kappa shape index (κ1) is 14.0. The molecule has 4 N–H and O–H groups in total. The van der Waals surface area contributed by atoms with Gasteiger partial charge >= 0.3 is 5.97 Å². The number of phenols is 1. The number of phenolic OH excluding ortho intramolecular Hbond substituents is 1. The molecule has 0 radical (unpaired) electrons. The van der Waals surface area contributed by atoms with Crippen molar-refractivity contribution in [2.24, 2.45) is 0 Å². The van der Waals surface area contributed by atoms with Gasteiger partial charge in [-0.1, -0.05) is 18.2 Å².